The summed E-state index contributed by atoms with van der Waals surface area (Å²) in [5, 5.41) is 2.71. The lowest BCUT2D eigenvalue weighted by molar-refractivity contribution is -0.118. The van der Waals surface area contributed by atoms with Gasteiger partial charge in [-0.1, -0.05) is 0 Å². The molecule has 0 spiro atoms. The van der Waals surface area contributed by atoms with Crippen molar-refractivity contribution in [2.45, 2.75) is 0 Å². The monoisotopic (exact) mass is 346 g/mol. The highest BCUT2D eigenvalue weighted by Gasteiger charge is 2.15. The van der Waals surface area contributed by atoms with Gasteiger partial charge in [0.25, 0.3) is 0 Å². The summed E-state index contributed by atoms with van der Waals surface area (Å²) in [5.74, 6) is 0.0119. The number of morpholine rings is 1. The summed E-state index contributed by atoms with van der Waals surface area (Å²) in [6.07, 6.45) is 1.48. The molecule has 0 aliphatic carbocycles. The van der Waals surface area contributed by atoms with Gasteiger partial charge in [-0.3, -0.25) is 9.69 Å². The molecular weight excluding hydrogens is 327 g/mol. The highest BCUT2D eigenvalue weighted by atomic mass is 19.1. The van der Waals surface area contributed by atoms with Crippen molar-refractivity contribution in [2.24, 2.45) is 0 Å². The van der Waals surface area contributed by atoms with Crippen LogP contribution in [0.2, 0.25) is 0 Å². The van der Waals surface area contributed by atoms with Crippen molar-refractivity contribution in [3.63, 3.8) is 0 Å². The summed E-state index contributed by atoms with van der Waals surface area (Å²) >= 11 is 0. The Labute approximate surface area is 144 Å². The van der Waals surface area contributed by atoms with E-state index < -0.39 is 5.82 Å². The second kappa shape index (κ2) is 7.91. The number of nitrogens with one attached hydrogen (secondary N) is 1. The minimum Gasteiger partial charge on any atom is -0.454 e. The van der Waals surface area contributed by atoms with E-state index in [1.165, 1.54) is 24.4 Å². The van der Waals surface area contributed by atoms with Crippen LogP contribution in [-0.4, -0.2) is 48.6 Å². The molecule has 3 rings (SSSR count). The van der Waals surface area contributed by atoms with Crippen LogP contribution in [-0.2, 0) is 9.53 Å². The minimum atomic E-state index is -0.560. The normalized spacial score (nSPS) is 14.9. The number of carbonyl (C=O) groups is 1. The summed E-state index contributed by atoms with van der Waals surface area (Å²) < 4.78 is 24.5. The van der Waals surface area contributed by atoms with Gasteiger partial charge < -0.3 is 20.5 Å². The van der Waals surface area contributed by atoms with Gasteiger partial charge in [-0.05, 0) is 18.2 Å². The first-order chi connectivity index (χ1) is 12.1. The average Bonchev–Trinajstić information content (AvgIpc) is 2.58. The first-order valence-corrected chi connectivity index (χ1v) is 7.89. The van der Waals surface area contributed by atoms with Gasteiger partial charge in [0, 0.05) is 37.1 Å². The SMILES string of the molecule is Nc1ccc(Oc2ccnc(NC(=O)CN3CCOCC3)c2)c(F)c1. The Balaban J connectivity index is 1.61. The summed E-state index contributed by atoms with van der Waals surface area (Å²) in [6, 6.07) is 7.29. The third kappa shape index (κ3) is 4.88. The lowest BCUT2D eigenvalue weighted by Crippen LogP contribution is -2.41. The minimum absolute atomic E-state index is 0.0472. The number of nitrogens with zero attached hydrogens (tertiary/aromatic N) is 2. The van der Waals surface area contributed by atoms with Gasteiger partial charge in [0.05, 0.1) is 19.8 Å². The zero-order valence-corrected chi connectivity index (χ0v) is 13.6. The van der Waals surface area contributed by atoms with Gasteiger partial charge in [-0.25, -0.2) is 9.37 Å². The van der Waals surface area contributed by atoms with Crippen LogP contribution in [0.1, 0.15) is 0 Å². The molecule has 1 amide bonds. The number of benzene rings is 1. The first kappa shape index (κ1) is 17.1. The Kier molecular flexibility index (Phi) is 5.42. The van der Waals surface area contributed by atoms with E-state index in [1.807, 2.05) is 4.90 Å². The number of halogens is 1. The molecular formula is C17H19FN4O3. The van der Waals surface area contributed by atoms with E-state index in [2.05, 4.69) is 10.3 Å². The molecule has 0 saturated carbocycles. The fourth-order valence-corrected chi connectivity index (χ4v) is 2.41. The van der Waals surface area contributed by atoms with Crippen molar-refractivity contribution in [1.29, 1.82) is 0 Å². The fraction of sp³-hybridized carbons (Fsp3) is 0.294. The molecule has 1 aromatic heterocycles. The summed E-state index contributed by atoms with van der Waals surface area (Å²) in [4.78, 5) is 18.2. The molecule has 1 saturated heterocycles. The van der Waals surface area contributed by atoms with E-state index >= 15 is 0 Å². The van der Waals surface area contributed by atoms with Gasteiger partial charge >= 0.3 is 0 Å². The van der Waals surface area contributed by atoms with Crippen LogP contribution in [0, 0.1) is 5.82 Å². The zero-order valence-electron chi connectivity index (χ0n) is 13.6. The average molecular weight is 346 g/mol. The Morgan fingerprint density at radius 1 is 1.32 bits per heavy atom. The molecule has 132 valence electrons. The topological polar surface area (TPSA) is 89.7 Å². The number of nitrogen functional groups attached to an aromatic ring is 1. The lowest BCUT2D eigenvalue weighted by Gasteiger charge is -2.25. The van der Waals surface area contributed by atoms with Crippen molar-refractivity contribution < 1.29 is 18.7 Å². The molecule has 8 heteroatoms. The van der Waals surface area contributed by atoms with Crippen molar-refractivity contribution in [1.82, 2.24) is 9.88 Å². The Hall–Kier alpha value is -2.71. The Bertz CT molecular complexity index is 750. The number of carbonyl (C=O) groups excluding carboxylic acids is 1. The van der Waals surface area contributed by atoms with E-state index in [-0.39, 0.29) is 18.2 Å². The molecule has 0 unspecified atom stereocenters. The molecule has 0 bridgehead atoms. The Morgan fingerprint density at radius 3 is 2.88 bits per heavy atom. The van der Waals surface area contributed by atoms with Crippen molar-refractivity contribution in [3.8, 4) is 11.5 Å². The molecule has 0 atom stereocenters. The number of nitrogens with two attached hydrogens (primary N) is 1. The molecule has 3 N–H and O–H groups in total. The molecule has 2 aromatic rings. The number of aromatic nitrogens is 1. The molecule has 1 aliphatic heterocycles. The van der Waals surface area contributed by atoms with Crippen LogP contribution < -0.4 is 15.8 Å². The second-order valence-electron chi connectivity index (χ2n) is 5.61. The summed E-state index contributed by atoms with van der Waals surface area (Å²) in [5.41, 5.74) is 5.83. The maximum Gasteiger partial charge on any atom is 0.239 e. The lowest BCUT2D eigenvalue weighted by atomic mass is 10.3. The van der Waals surface area contributed by atoms with Gasteiger partial charge in [0.1, 0.15) is 11.6 Å². The van der Waals surface area contributed by atoms with E-state index in [9.17, 15) is 9.18 Å². The number of hydrogen-bond donors (Lipinski definition) is 2. The Morgan fingerprint density at radius 2 is 2.12 bits per heavy atom. The van der Waals surface area contributed by atoms with E-state index in [0.717, 1.165) is 13.1 Å². The molecule has 25 heavy (non-hydrogen) atoms. The van der Waals surface area contributed by atoms with Gasteiger partial charge in [-0.2, -0.15) is 0 Å². The number of amides is 1. The fourth-order valence-electron chi connectivity index (χ4n) is 2.41. The number of hydrogen-bond acceptors (Lipinski definition) is 6. The smallest absolute Gasteiger partial charge is 0.239 e. The van der Waals surface area contributed by atoms with Crippen LogP contribution in [0.25, 0.3) is 0 Å². The van der Waals surface area contributed by atoms with Crippen molar-refractivity contribution in [3.05, 3.63) is 42.3 Å². The van der Waals surface area contributed by atoms with Crippen molar-refractivity contribution >= 4 is 17.4 Å². The molecule has 1 fully saturated rings. The highest BCUT2D eigenvalue weighted by Crippen LogP contribution is 2.26. The van der Waals surface area contributed by atoms with E-state index in [4.69, 9.17) is 15.2 Å². The number of pyridine rings is 1. The second-order valence-corrected chi connectivity index (χ2v) is 5.61. The first-order valence-electron chi connectivity index (χ1n) is 7.89. The van der Waals surface area contributed by atoms with Gasteiger partial charge in [0.2, 0.25) is 5.91 Å². The standard InChI is InChI=1S/C17H19FN4O3/c18-14-9-12(19)1-2-15(14)25-13-3-4-20-16(10-13)21-17(23)11-22-5-7-24-8-6-22/h1-4,9-10H,5-8,11,19H2,(H,20,21,23). The predicted octanol–water partition coefficient (Wildman–Crippen LogP) is 1.87. The van der Waals surface area contributed by atoms with Crippen molar-refractivity contribution in [2.75, 3.05) is 43.9 Å². The molecule has 2 heterocycles. The maximum absolute atomic E-state index is 13.8. The molecule has 1 aromatic carbocycles. The largest absolute Gasteiger partial charge is 0.454 e. The third-order valence-electron chi connectivity index (χ3n) is 3.65. The van der Waals surface area contributed by atoms with Crippen LogP contribution in [0.15, 0.2) is 36.5 Å². The summed E-state index contributed by atoms with van der Waals surface area (Å²) in [6.45, 7) is 2.97. The maximum atomic E-state index is 13.8. The van der Waals surface area contributed by atoms with Crippen LogP contribution >= 0.6 is 0 Å². The highest BCUT2D eigenvalue weighted by molar-refractivity contribution is 5.91. The zero-order chi connectivity index (χ0) is 17.6. The molecule has 7 nitrogen and oxygen atoms in total. The van der Waals surface area contributed by atoms with Gasteiger partial charge in [0.15, 0.2) is 11.6 Å². The molecule has 1 aliphatic rings. The molecule has 0 radical (unpaired) electrons. The van der Waals surface area contributed by atoms with Gasteiger partial charge in [-0.15, -0.1) is 0 Å². The number of ether oxygens (including phenoxy) is 2. The van der Waals surface area contributed by atoms with E-state index in [0.29, 0.717) is 30.5 Å². The quantitative estimate of drug-likeness (QED) is 0.804. The van der Waals surface area contributed by atoms with E-state index in [1.54, 1.807) is 12.1 Å². The summed E-state index contributed by atoms with van der Waals surface area (Å²) in [7, 11) is 0. The number of anilines is 2. The van der Waals surface area contributed by atoms with Crippen LogP contribution in [0.5, 0.6) is 11.5 Å². The van der Waals surface area contributed by atoms with Crippen LogP contribution in [0.3, 0.4) is 0 Å². The number of rotatable bonds is 5. The van der Waals surface area contributed by atoms with Crippen LogP contribution in [0.4, 0.5) is 15.9 Å². The predicted molar refractivity (Wildman–Crippen MR) is 91.0 cm³/mol. The third-order valence-corrected chi connectivity index (χ3v) is 3.65.